The largest absolute Gasteiger partial charge is 0.316 e. The molecule has 2 rings (SSSR count). The molecule has 17 heavy (non-hydrogen) atoms. The summed E-state index contributed by atoms with van der Waals surface area (Å²) in [6.45, 7) is 6.39. The average Bonchev–Trinajstić information content (AvgIpc) is 2.74. The number of rotatable bonds is 5. The van der Waals surface area contributed by atoms with E-state index in [1.54, 1.807) is 0 Å². The van der Waals surface area contributed by atoms with Gasteiger partial charge in [-0.05, 0) is 78.3 Å². The van der Waals surface area contributed by atoms with Gasteiger partial charge in [0.1, 0.15) is 0 Å². The molecule has 0 aromatic rings. The van der Waals surface area contributed by atoms with E-state index in [2.05, 4.69) is 29.2 Å². The number of hydrogen-bond acceptors (Lipinski definition) is 3. The quantitative estimate of drug-likeness (QED) is 0.782. The van der Waals surface area contributed by atoms with E-state index in [-0.39, 0.29) is 0 Å². The van der Waals surface area contributed by atoms with Gasteiger partial charge in [-0.3, -0.25) is 4.90 Å². The zero-order valence-corrected chi connectivity index (χ0v) is 11.6. The summed E-state index contributed by atoms with van der Waals surface area (Å²) >= 11 is 0. The van der Waals surface area contributed by atoms with Crippen LogP contribution in [0, 0.1) is 5.92 Å². The molecule has 0 radical (unpaired) electrons. The molecule has 2 saturated heterocycles. The van der Waals surface area contributed by atoms with E-state index in [9.17, 15) is 0 Å². The van der Waals surface area contributed by atoms with Crippen LogP contribution in [0.1, 0.15) is 32.1 Å². The van der Waals surface area contributed by atoms with Crippen LogP contribution < -0.4 is 5.32 Å². The summed E-state index contributed by atoms with van der Waals surface area (Å²) in [6.07, 6.45) is 7.03. The second kappa shape index (κ2) is 6.72. The van der Waals surface area contributed by atoms with Crippen molar-refractivity contribution < 1.29 is 0 Å². The average molecular weight is 239 g/mol. The van der Waals surface area contributed by atoms with Gasteiger partial charge in [-0.2, -0.15) is 0 Å². The smallest absolute Gasteiger partial charge is 0.0223 e. The third-order valence-corrected chi connectivity index (χ3v) is 4.30. The van der Waals surface area contributed by atoms with E-state index in [4.69, 9.17) is 0 Å². The van der Waals surface area contributed by atoms with Crippen LogP contribution in [0.15, 0.2) is 0 Å². The Hall–Kier alpha value is -0.120. The first-order valence-corrected chi connectivity index (χ1v) is 7.35. The zero-order valence-electron chi connectivity index (χ0n) is 11.6. The lowest BCUT2D eigenvalue weighted by atomic mass is 9.96. The first-order valence-electron chi connectivity index (χ1n) is 7.35. The predicted molar refractivity (Wildman–Crippen MR) is 73.4 cm³/mol. The van der Waals surface area contributed by atoms with Gasteiger partial charge >= 0.3 is 0 Å². The molecule has 0 aliphatic carbocycles. The van der Waals surface area contributed by atoms with E-state index in [1.807, 2.05) is 0 Å². The lowest BCUT2D eigenvalue weighted by Crippen LogP contribution is -2.39. The maximum atomic E-state index is 3.53. The van der Waals surface area contributed by atoms with Crippen molar-refractivity contribution in [3.63, 3.8) is 0 Å². The van der Waals surface area contributed by atoms with Crippen molar-refractivity contribution in [3.8, 4) is 0 Å². The van der Waals surface area contributed by atoms with Crippen molar-refractivity contribution in [1.82, 2.24) is 15.1 Å². The number of hydrogen-bond donors (Lipinski definition) is 1. The van der Waals surface area contributed by atoms with Gasteiger partial charge in [0.2, 0.25) is 0 Å². The minimum Gasteiger partial charge on any atom is -0.316 e. The van der Waals surface area contributed by atoms with Gasteiger partial charge in [-0.25, -0.2) is 0 Å². The van der Waals surface area contributed by atoms with Gasteiger partial charge in [0.25, 0.3) is 0 Å². The Labute approximate surface area is 107 Å². The Bertz CT molecular complexity index is 212. The molecule has 2 atom stereocenters. The fourth-order valence-electron chi connectivity index (χ4n) is 3.34. The molecule has 3 heteroatoms. The summed E-state index contributed by atoms with van der Waals surface area (Å²) < 4.78 is 0. The Morgan fingerprint density at radius 1 is 1.24 bits per heavy atom. The molecule has 0 aromatic carbocycles. The van der Waals surface area contributed by atoms with Gasteiger partial charge in [-0.1, -0.05) is 0 Å². The van der Waals surface area contributed by atoms with Crippen LogP contribution >= 0.6 is 0 Å². The standard InChI is InChI=1S/C14H29N3/c1-16(2)12-14-6-4-9-17(14)10-7-13-5-3-8-15-11-13/h13-15H,3-12H2,1-2H3. The molecule has 2 fully saturated rings. The van der Waals surface area contributed by atoms with Crippen LogP contribution in [-0.2, 0) is 0 Å². The molecule has 1 N–H and O–H groups in total. The van der Waals surface area contributed by atoms with E-state index in [0.29, 0.717) is 0 Å². The number of likely N-dealkylation sites (tertiary alicyclic amines) is 1. The van der Waals surface area contributed by atoms with E-state index >= 15 is 0 Å². The molecule has 2 heterocycles. The highest BCUT2D eigenvalue weighted by Gasteiger charge is 2.25. The summed E-state index contributed by atoms with van der Waals surface area (Å²) in [4.78, 5) is 5.07. The number of likely N-dealkylation sites (N-methyl/N-ethyl adjacent to an activating group) is 1. The van der Waals surface area contributed by atoms with Crippen LogP contribution in [-0.4, -0.2) is 62.7 Å². The predicted octanol–water partition coefficient (Wildman–Crippen LogP) is 1.40. The third-order valence-electron chi connectivity index (χ3n) is 4.30. The summed E-state index contributed by atoms with van der Waals surface area (Å²) in [5, 5.41) is 3.53. The molecule has 0 saturated carbocycles. The second-order valence-corrected chi connectivity index (χ2v) is 6.10. The van der Waals surface area contributed by atoms with Crippen LogP contribution in [0.5, 0.6) is 0 Å². The summed E-state index contributed by atoms with van der Waals surface area (Å²) in [6, 6.07) is 0.821. The number of nitrogens with zero attached hydrogens (tertiary/aromatic N) is 2. The lowest BCUT2D eigenvalue weighted by molar-refractivity contribution is 0.190. The van der Waals surface area contributed by atoms with Crippen molar-refractivity contribution in [1.29, 1.82) is 0 Å². The van der Waals surface area contributed by atoms with Crippen molar-refractivity contribution in [2.45, 2.75) is 38.1 Å². The first-order chi connectivity index (χ1) is 8.25. The van der Waals surface area contributed by atoms with Gasteiger partial charge in [0.05, 0.1) is 0 Å². The molecule has 0 amide bonds. The summed E-state index contributed by atoms with van der Waals surface area (Å²) in [7, 11) is 4.39. The first kappa shape index (κ1) is 13.3. The maximum absolute atomic E-state index is 3.53. The Morgan fingerprint density at radius 3 is 2.82 bits per heavy atom. The fourth-order valence-corrected chi connectivity index (χ4v) is 3.34. The molecular formula is C14H29N3. The molecule has 0 bridgehead atoms. The van der Waals surface area contributed by atoms with Gasteiger partial charge in [-0.15, -0.1) is 0 Å². The molecule has 3 nitrogen and oxygen atoms in total. The minimum absolute atomic E-state index is 0.821. The van der Waals surface area contributed by atoms with Gasteiger partial charge in [0, 0.05) is 12.6 Å². The molecule has 0 spiro atoms. The molecule has 2 unspecified atom stereocenters. The molecule has 100 valence electrons. The molecule has 0 aromatic heterocycles. The highest BCUT2D eigenvalue weighted by Crippen LogP contribution is 2.21. The molecular weight excluding hydrogens is 210 g/mol. The van der Waals surface area contributed by atoms with E-state index in [1.165, 1.54) is 64.8 Å². The molecule has 2 aliphatic heterocycles. The van der Waals surface area contributed by atoms with Crippen LogP contribution in [0.2, 0.25) is 0 Å². The van der Waals surface area contributed by atoms with E-state index < -0.39 is 0 Å². The highest BCUT2D eigenvalue weighted by atomic mass is 15.2. The fraction of sp³-hybridized carbons (Fsp3) is 1.00. The Balaban J connectivity index is 1.69. The van der Waals surface area contributed by atoms with Crippen LogP contribution in [0.4, 0.5) is 0 Å². The van der Waals surface area contributed by atoms with Crippen LogP contribution in [0.25, 0.3) is 0 Å². The van der Waals surface area contributed by atoms with Crippen molar-refractivity contribution >= 4 is 0 Å². The Kier molecular flexibility index (Phi) is 5.26. The van der Waals surface area contributed by atoms with Crippen LogP contribution in [0.3, 0.4) is 0 Å². The lowest BCUT2D eigenvalue weighted by Gasteiger charge is -2.29. The maximum Gasteiger partial charge on any atom is 0.0223 e. The normalized spacial score (nSPS) is 31.2. The van der Waals surface area contributed by atoms with Gasteiger partial charge in [0.15, 0.2) is 0 Å². The summed E-state index contributed by atoms with van der Waals surface area (Å²) in [5.41, 5.74) is 0. The van der Waals surface area contributed by atoms with E-state index in [0.717, 1.165) is 12.0 Å². The Morgan fingerprint density at radius 2 is 2.12 bits per heavy atom. The molecule has 2 aliphatic rings. The number of nitrogens with one attached hydrogen (secondary N) is 1. The van der Waals surface area contributed by atoms with Gasteiger partial charge < -0.3 is 10.2 Å². The SMILES string of the molecule is CN(C)CC1CCCN1CCC1CCCNC1. The zero-order chi connectivity index (χ0) is 12.1. The monoisotopic (exact) mass is 239 g/mol. The van der Waals surface area contributed by atoms with Crippen molar-refractivity contribution in [3.05, 3.63) is 0 Å². The second-order valence-electron chi connectivity index (χ2n) is 6.10. The third kappa shape index (κ3) is 4.23. The number of piperidine rings is 1. The topological polar surface area (TPSA) is 18.5 Å². The highest BCUT2D eigenvalue weighted by molar-refractivity contribution is 4.82. The van der Waals surface area contributed by atoms with Crippen molar-refractivity contribution in [2.24, 2.45) is 5.92 Å². The minimum atomic E-state index is 0.821. The summed E-state index contributed by atoms with van der Waals surface area (Å²) in [5.74, 6) is 0.935. The van der Waals surface area contributed by atoms with Crippen molar-refractivity contribution in [2.75, 3.05) is 46.8 Å².